The van der Waals surface area contributed by atoms with E-state index in [0.717, 1.165) is 0 Å². The molecule has 0 atom stereocenters. The van der Waals surface area contributed by atoms with Crippen LogP contribution in [0.15, 0.2) is 41.0 Å². The van der Waals surface area contributed by atoms with E-state index in [1.54, 1.807) is 23.6 Å². The Morgan fingerprint density at radius 3 is 2.96 bits per heavy atom. The van der Waals surface area contributed by atoms with Gasteiger partial charge in [0.2, 0.25) is 0 Å². The number of pyridine rings is 1. The first-order valence-electron chi connectivity index (χ1n) is 7.64. The summed E-state index contributed by atoms with van der Waals surface area (Å²) in [5.74, 6) is -0.347. The Morgan fingerprint density at radius 1 is 1.38 bits per heavy atom. The molecule has 0 fully saturated rings. The van der Waals surface area contributed by atoms with E-state index in [1.807, 2.05) is 12.1 Å². The van der Waals surface area contributed by atoms with Crippen LogP contribution in [0.5, 0.6) is 0 Å². The topological polar surface area (TPSA) is 83.0 Å². The van der Waals surface area contributed by atoms with Gasteiger partial charge in [-0.05, 0) is 31.2 Å². The van der Waals surface area contributed by atoms with Crippen molar-refractivity contribution in [2.45, 2.75) is 13.5 Å². The summed E-state index contributed by atoms with van der Waals surface area (Å²) in [7, 11) is 1.28. The van der Waals surface area contributed by atoms with E-state index >= 15 is 0 Å². The molecule has 0 N–H and O–H groups in total. The zero-order valence-electron chi connectivity index (χ0n) is 14.1. The van der Waals surface area contributed by atoms with Crippen LogP contribution in [-0.4, -0.2) is 28.4 Å². The summed E-state index contributed by atoms with van der Waals surface area (Å²) in [6, 6.07) is 6.96. The zero-order valence-corrected chi connectivity index (χ0v) is 14.8. The van der Waals surface area contributed by atoms with Gasteiger partial charge in [0, 0.05) is 12.3 Å². The van der Waals surface area contributed by atoms with Crippen molar-refractivity contribution in [1.82, 2.24) is 9.38 Å². The molecule has 0 aliphatic carbocycles. The van der Waals surface area contributed by atoms with Crippen LogP contribution in [0.2, 0.25) is 5.15 Å². The van der Waals surface area contributed by atoms with Crippen LogP contribution in [0, 0.1) is 6.92 Å². The lowest BCUT2D eigenvalue weighted by Crippen LogP contribution is -2.01. The van der Waals surface area contributed by atoms with Crippen molar-refractivity contribution in [1.29, 1.82) is 0 Å². The number of carbonyl (C=O) groups excluding carboxylic acids is 2. The van der Waals surface area contributed by atoms with Crippen LogP contribution in [0.25, 0.3) is 11.7 Å². The van der Waals surface area contributed by atoms with Crippen LogP contribution in [0.1, 0.15) is 27.6 Å². The molecule has 3 rings (SSSR count). The third kappa shape index (κ3) is 3.62. The fourth-order valence-electron chi connectivity index (χ4n) is 2.40. The number of imidazole rings is 1. The molecule has 0 aliphatic heterocycles. The predicted molar refractivity (Wildman–Crippen MR) is 93.8 cm³/mol. The maximum absolute atomic E-state index is 11.9. The standard InChI is InChI=1S/C18H15ClN2O5/c1-11-13(18(23)24-2)9-12(26-11)10-25-16(22)7-6-14-17(19)20-15-5-3-4-8-21(14)15/h3-9H,10H2,1-2H3/b7-6+. The minimum atomic E-state index is -0.583. The number of hydrogen-bond donors (Lipinski definition) is 0. The second-order valence-electron chi connectivity index (χ2n) is 5.33. The van der Waals surface area contributed by atoms with Gasteiger partial charge in [0.15, 0.2) is 5.15 Å². The van der Waals surface area contributed by atoms with Gasteiger partial charge in [-0.3, -0.25) is 4.40 Å². The smallest absolute Gasteiger partial charge is 0.341 e. The summed E-state index contributed by atoms with van der Waals surface area (Å²) in [6.45, 7) is 1.52. The maximum atomic E-state index is 11.9. The van der Waals surface area contributed by atoms with Crippen molar-refractivity contribution in [3.05, 3.63) is 64.5 Å². The molecular formula is C18H15ClN2O5. The first kappa shape index (κ1) is 17.8. The zero-order chi connectivity index (χ0) is 18.7. The van der Waals surface area contributed by atoms with Crippen LogP contribution < -0.4 is 0 Å². The van der Waals surface area contributed by atoms with Gasteiger partial charge in [-0.15, -0.1) is 0 Å². The van der Waals surface area contributed by atoms with E-state index in [-0.39, 0.29) is 11.8 Å². The molecule has 0 bridgehead atoms. The normalized spacial score (nSPS) is 11.2. The molecule has 134 valence electrons. The molecule has 0 aromatic carbocycles. The third-order valence-corrected chi connectivity index (χ3v) is 3.91. The lowest BCUT2D eigenvalue weighted by Gasteiger charge is -1.99. The third-order valence-electron chi connectivity index (χ3n) is 3.63. The van der Waals surface area contributed by atoms with Gasteiger partial charge >= 0.3 is 11.9 Å². The van der Waals surface area contributed by atoms with E-state index in [4.69, 9.17) is 20.8 Å². The summed E-state index contributed by atoms with van der Waals surface area (Å²) >= 11 is 6.09. The Labute approximate surface area is 153 Å². The Hall–Kier alpha value is -3.06. The predicted octanol–water partition coefficient (Wildman–Crippen LogP) is 3.43. The molecule has 0 aliphatic rings. The summed E-state index contributed by atoms with van der Waals surface area (Å²) in [6.07, 6.45) is 4.57. The Morgan fingerprint density at radius 2 is 2.19 bits per heavy atom. The van der Waals surface area contributed by atoms with Gasteiger partial charge in [0.1, 0.15) is 29.3 Å². The number of rotatable bonds is 5. The lowest BCUT2D eigenvalue weighted by atomic mass is 10.2. The van der Waals surface area contributed by atoms with E-state index in [0.29, 0.717) is 28.4 Å². The largest absolute Gasteiger partial charge is 0.465 e. The fraction of sp³-hybridized carbons (Fsp3) is 0.167. The molecule has 7 nitrogen and oxygen atoms in total. The fourth-order valence-corrected chi connectivity index (χ4v) is 2.64. The number of ether oxygens (including phenoxy) is 2. The summed E-state index contributed by atoms with van der Waals surface area (Å²) in [5, 5.41) is 0.282. The highest BCUT2D eigenvalue weighted by atomic mass is 35.5. The van der Waals surface area contributed by atoms with Crippen LogP contribution in [0.3, 0.4) is 0 Å². The first-order valence-corrected chi connectivity index (χ1v) is 8.02. The Balaban J connectivity index is 1.66. The van der Waals surface area contributed by atoms with Gasteiger partial charge in [-0.2, -0.15) is 0 Å². The summed E-state index contributed by atoms with van der Waals surface area (Å²) in [5.41, 5.74) is 1.54. The quantitative estimate of drug-likeness (QED) is 0.502. The van der Waals surface area contributed by atoms with Crippen molar-refractivity contribution in [3.8, 4) is 0 Å². The highest BCUT2D eigenvalue weighted by Crippen LogP contribution is 2.19. The molecule has 3 aromatic rings. The molecule has 0 radical (unpaired) electrons. The summed E-state index contributed by atoms with van der Waals surface area (Å²) in [4.78, 5) is 27.7. The molecule has 26 heavy (non-hydrogen) atoms. The molecule has 8 heteroatoms. The number of fused-ring (bicyclic) bond motifs is 1. The van der Waals surface area contributed by atoms with Gasteiger partial charge in [0.25, 0.3) is 0 Å². The number of halogens is 1. The number of esters is 2. The molecule has 3 aromatic heterocycles. The maximum Gasteiger partial charge on any atom is 0.341 e. The van der Waals surface area contributed by atoms with E-state index in [9.17, 15) is 9.59 Å². The van der Waals surface area contributed by atoms with Gasteiger partial charge in [-0.25, -0.2) is 14.6 Å². The van der Waals surface area contributed by atoms with Gasteiger partial charge in [-0.1, -0.05) is 17.7 Å². The molecule has 0 unspecified atom stereocenters. The molecule has 0 saturated heterocycles. The number of aromatic nitrogens is 2. The molecular weight excluding hydrogens is 360 g/mol. The Kier molecular flexibility index (Phi) is 5.09. The number of methoxy groups -OCH3 is 1. The number of nitrogens with zero attached hydrogens (tertiary/aromatic N) is 2. The minimum Gasteiger partial charge on any atom is -0.465 e. The SMILES string of the molecule is COC(=O)c1cc(COC(=O)/C=C/c2c(Cl)nc3ccccn23)oc1C. The minimum absolute atomic E-state index is 0.109. The highest BCUT2D eigenvalue weighted by Gasteiger charge is 2.16. The highest BCUT2D eigenvalue weighted by molar-refractivity contribution is 6.31. The Bertz CT molecular complexity index is 1000. The number of furan rings is 1. The van der Waals surface area contributed by atoms with Crippen molar-refractivity contribution >= 4 is 35.3 Å². The average molecular weight is 375 g/mol. The number of hydrogen-bond acceptors (Lipinski definition) is 6. The monoisotopic (exact) mass is 374 g/mol. The summed E-state index contributed by atoms with van der Waals surface area (Å²) < 4.78 is 16.9. The van der Waals surface area contributed by atoms with Crippen molar-refractivity contribution in [2.24, 2.45) is 0 Å². The van der Waals surface area contributed by atoms with Gasteiger partial charge < -0.3 is 13.9 Å². The molecule has 0 saturated carbocycles. The van der Waals surface area contributed by atoms with Crippen molar-refractivity contribution in [3.63, 3.8) is 0 Å². The average Bonchev–Trinajstić information content (AvgIpc) is 3.16. The van der Waals surface area contributed by atoms with E-state index < -0.39 is 11.9 Å². The molecule has 0 amide bonds. The van der Waals surface area contributed by atoms with Crippen molar-refractivity contribution in [2.75, 3.05) is 7.11 Å². The second-order valence-corrected chi connectivity index (χ2v) is 5.69. The van der Waals surface area contributed by atoms with Crippen LogP contribution in [-0.2, 0) is 20.9 Å². The van der Waals surface area contributed by atoms with Gasteiger partial charge in [0.05, 0.1) is 12.8 Å². The first-order chi connectivity index (χ1) is 12.5. The lowest BCUT2D eigenvalue weighted by molar-refractivity contribution is -0.139. The van der Waals surface area contributed by atoms with Crippen LogP contribution in [0.4, 0.5) is 0 Å². The molecule has 0 spiro atoms. The number of aryl methyl sites for hydroxylation is 1. The molecule has 3 heterocycles. The second kappa shape index (κ2) is 7.45. The van der Waals surface area contributed by atoms with Crippen LogP contribution >= 0.6 is 11.6 Å². The van der Waals surface area contributed by atoms with E-state index in [2.05, 4.69) is 9.72 Å². The number of carbonyl (C=O) groups is 2. The van der Waals surface area contributed by atoms with E-state index in [1.165, 1.54) is 25.3 Å². The van der Waals surface area contributed by atoms with Crippen molar-refractivity contribution < 1.29 is 23.5 Å².